The van der Waals surface area contributed by atoms with E-state index in [1.54, 1.807) is 48.8 Å². The monoisotopic (exact) mass is 300 g/mol. The van der Waals surface area contributed by atoms with Crippen molar-refractivity contribution in [3.05, 3.63) is 48.8 Å². The van der Waals surface area contributed by atoms with Gasteiger partial charge in [0.25, 0.3) is 0 Å². The van der Waals surface area contributed by atoms with Gasteiger partial charge in [-0.3, -0.25) is 10.6 Å². The van der Waals surface area contributed by atoms with Gasteiger partial charge < -0.3 is 10.6 Å². The van der Waals surface area contributed by atoms with E-state index >= 15 is 0 Å². The largest absolute Gasteiger partial charge is 0.336 e. The van der Waals surface area contributed by atoms with Gasteiger partial charge in [0, 0.05) is 25.5 Å². The van der Waals surface area contributed by atoms with Crippen LogP contribution >= 0.6 is 0 Å². The van der Waals surface area contributed by atoms with Crippen molar-refractivity contribution >= 4 is 23.7 Å². The van der Waals surface area contributed by atoms with Crippen molar-refractivity contribution in [3.63, 3.8) is 0 Å². The third-order valence-electron chi connectivity index (χ3n) is 2.51. The molecule has 0 saturated heterocycles. The Hall–Kier alpha value is -3.16. The van der Waals surface area contributed by atoms with Crippen molar-refractivity contribution in [1.29, 1.82) is 0 Å². The first-order chi connectivity index (χ1) is 10.7. The summed E-state index contributed by atoms with van der Waals surface area (Å²) in [5.41, 5.74) is 0. The molecule has 0 aliphatic rings. The molecule has 0 atom stereocenters. The van der Waals surface area contributed by atoms with Crippen LogP contribution < -0.4 is 21.3 Å². The van der Waals surface area contributed by atoms with Crippen molar-refractivity contribution in [2.24, 2.45) is 0 Å². The number of urea groups is 2. The van der Waals surface area contributed by atoms with E-state index in [2.05, 4.69) is 31.2 Å². The molecule has 0 unspecified atom stereocenters. The quantitative estimate of drug-likeness (QED) is 0.626. The lowest BCUT2D eigenvalue weighted by atomic mass is 10.4. The molecule has 0 spiro atoms. The minimum Gasteiger partial charge on any atom is -0.336 e. The summed E-state index contributed by atoms with van der Waals surface area (Å²) in [4.78, 5) is 31.0. The normalized spacial score (nSPS) is 9.64. The van der Waals surface area contributed by atoms with Crippen LogP contribution in [0.5, 0.6) is 0 Å². The first-order valence-corrected chi connectivity index (χ1v) is 6.66. The lowest BCUT2D eigenvalue weighted by Gasteiger charge is -2.08. The number of hydrogen-bond acceptors (Lipinski definition) is 4. The fourth-order valence-corrected chi connectivity index (χ4v) is 1.55. The van der Waals surface area contributed by atoms with Crippen LogP contribution in [0.25, 0.3) is 0 Å². The van der Waals surface area contributed by atoms with Gasteiger partial charge in [-0.2, -0.15) is 0 Å². The molecule has 2 aromatic rings. The molecule has 0 aromatic carbocycles. The van der Waals surface area contributed by atoms with Gasteiger partial charge in [-0.1, -0.05) is 12.1 Å². The number of hydrogen-bond donors (Lipinski definition) is 4. The minimum absolute atomic E-state index is 0.286. The fourth-order valence-electron chi connectivity index (χ4n) is 1.55. The van der Waals surface area contributed by atoms with Crippen LogP contribution in [0.1, 0.15) is 0 Å². The van der Waals surface area contributed by atoms with E-state index in [0.29, 0.717) is 11.6 Å². The zero-order valence-corrected chi connectivity index (χ0v) is 11.7. The number of rotatable bonds is 5. The van der Waals surface area contributed by atoms with E-state index < -0.39 is 0 Å². The summed E-state index contributed by atoms with van der Waals surface area (Å²) in [5.74, 6) is 0.918. The Kier molecular flexibility index (Phi) is 5.68. The zero-order chi connectivity index (χ0) is 15.6. The molecule has 2 rings (SSSR count). The molecule has 22 heavy (non-hydrogen) atoms. The predicted molar refractivity (Wildman–Crippen MR) is 82.5 cm³/mol. The first-order valence-electron chi connectivity index (χ1n) is 6.66. The van der Waals surface area contributed by atoms with Crippen molar-refractivity contribution in [2.75, 3.05) is 23.7 Å². The Morgan fingerprint density at radius 3 is 1.59 bits per heavy atom. The summed E-state index contributed by atoms with van der Waals surface area (Å²) in [5, 5.41) is 10.3. The van der Waals surface area contributed by atoms with E-state index in [9.17, 15) is 9.59 Å². The van der Waals surface area contributed by atoms with Crippen molar-refractivity contribution in [3.8, 4) is 0 Å². The van der Waals surface area contributed by atoms with Crippen molar-refractivity contribution in [2.45, 2.75) is 0 Å². The minimum atomic E-state index is -0.384. The molecular formula is C14H16N6O2. The highest BCUT2D eigenvalue weighted by Crippen LogP contribution is 1.99. The van der Waals surface area contributed by atoms with Crippen molar-refractivity contribution in [1.82, 2.24) is 20.6 Å². The molecule has 0 aliphatic heterocycles. The highest BCUT2D eigenvalue weighted by molar-refractivity contribution is 5.89. The van der Waals surface area contributed by atoms with Gasteiger partial charge in [0.1, 0.15) is 11.6 Å². The molecule has 4 amide bonds. The average molecular weight is 300 g/mol. The standard InChI is InChI=1S/C14H16N6O2/c21-13(19-11-5-1-3-7-15-11)17-9-10-18-14(22)20-12-6-2-4-8-16-12/h1-8H,9-10H2,(H2,15,17,19,21)(H2,16,18,20,22). The zero-order valence-electron chi connectivity index (χ0n) is 11.7. The molecule has 8 nitrogen and oxygen atoms in total. The highest BCUT2D eigenvalue weighted by atomic mass is 16.2. The molecular weight excluding hydrogens is 284 g/mol. The predicted octanol–water partition coefficient (Wildman–Crippen LogP) is 1.42. The lowest BCUT2D eigenvalue weighted by Crippen LogP contribution is -2.38. The van der Waals surface area contributed by atoms with Crippen LogP contribution in [0.2, 0.25) is 0 Å². The molecule has 114 valence electrons. The fraction of sp³-hybridized carbons (Fsp3) is 0.143. The molecule has 0 radical (unpaired) electrons. The third kappa shape index (κ3) is 5.45. The van der Waals surface area contributed by atoms with Gasteiger partial charge >= 0.3 is 12.1 Å². The molecule has 0 saturated carbocycles. The second-order valence-electron chi connectivity index (χ2n) is 4.19. The van der Waals surface area contributed by atoms with Gasteiger partial charge in [-0.25, -0.2) is 19.6 Å². The number of aromatic nitrogens is 2. The van der Waals surface area contributed by atoms with E-state index in [-0.39, 0.29) is 25.2 Å². The number of carbonyl (C=O) groups is 2. The smallest absolute Gasteiger partial charge is 0.320 e. The summed E-state index contributed by atoms with van der Waals surface area (Å²) in [6.45, 7) is 0.572. The Bertz CT molecular complexity index is 550. The molecule has 0 bridgehead atoms. The van der Waals surface area contributed by atoms with Gasteiger partial charge in [0.15, 0.2) is 0 Å². The molecule has 4 N–H and O–H groups in total. The van der Waals surface area contributed by atoms with E-state index in [0.717, 1.165) is 0 Å². The number of anilines is 2. The highest BCUT2D eigenvalue weighted by Gasteiger charge is 2.03. The second kappa shape index (κ2) is 8.20. The maximum absolute atomic E-state index is 11.5. The number of nitrogens with zero attached hydrogens (tertiary/aromatic N) is 2. The van der Waals surface area contributed by atoms with E-state index in [4.69, 9.17) is 0 Å². The second-order valence-corrected chi connectivity index (χ2v) is 4.19. The molecule has 0 fully saturated rings. The summed E-state index contributed by atoms with van der Waals surface area (Å²) in [6, 6.07) is 9.64. The number of pyridine rings is 2. The van der Waals surface area contributed by atoms with Crippen LogP contribution in [0.4, 0.5) is 21.2 Å². The van der Waals surface area contributed by atoms with Gasteiger partial charge in [0.2, 0.25) is 0 Å². The van der Waals surface area contributed by atoms with E-state index in [1.807, 2.05) is 0 Å². The average Bonchev–Trinajstić information content (AvgIpc) is 2.53. The van der Waals surface area contributed by atoms with E-state index in [1.165, 1.54) is 0 Å². The van der Waals surface area contributed by atoms with Gasteiger partial charge in [-0.05, 0) is 24.3 Å². The Morgan fingerprint density at radius 1 is 0.773 bits per heavy atom. The number of nitrogens with one attached hydrogen (secondary N) is 4. The maximum Gasteiger partial charge on any atom is 0.320 e. The van der Waals surface area contributed by atoms with Crippen LogP contribution in [0, 0.1) is 0 Å². The maximum atomic E-state index is 11.5. The van der Waals surface area contributed by atoms with Crippen LogP contribution in [-0.2, 0) is 0 Å². The summed E-state index contributed by atoms with van der Waals surface area (Å²) < 4.78 is 0. The van der Waals surface area contributed by atoms with Gasteiger partial charge in [0.05, 0.1) is 0 Å². The summed E-state index contributed by atoms with van der Waals surface area (Å²) >= 11 is 0. The van der Waals surface area contributed by atoms with Crippen LogP contribution in [0.3, 0.4) is 0 Å². The number of amides is 4. The number of carbonyl (C=O) groups excluding carboxylic acids is 2. The van der Waals surface area contributed by atoms with Crippen LogP contribution in [-0.4, -0.2) is 35.1 Å². The van der Waals surface area contributed by atoms with Gasteiger partial charge in [-0.15, -0.1) is 0 Å². The SMILES string of the molecule is O=C(NCCNC(=O)Nc1ccccn1)Nc1ccccn1. The molecule has 0 aliphatic carbocycles. The van der Waals surface area contributed by atoms with Crippen molar-refractivity contribution < 1.29 is 9.59 Å². The molecule has 2 heterocycles. The topological polar surface area (TPSA) is 108 Å². The molecule has 2 aromatic heterocycles. The lowest BCUT2D eigenvalue weighted by molar-refractivity contribution is 0.248. The van der Waals surface area contributed by atoms with Crippen LogP contribution in [0.15, 0.2) is 48.8 Å². The summed E-state index contributed by atoms with van der Waals surface area (Å²) in [6.07, 6.45) is 3.16. The Morgan fingerprint density at radius 2 is 1.23 bits per heavy atom. The Balaban J connectivity index is 1.60. The third-order valence-corrected chi connectivity index (χ3v) is 2.51. The summed E-state index contributed by atoms with van der Waals surface area (Å²) in [7, 11) is 0. The molecule has 8 heteroatoms. The Labute approximate surface area is 127 Å². The first kappa shape index (κ1) is 15.2.